The number of primary amides is 1. The van der Waals surface area contributed by atoms with Crippen molar-refractivity contribution < 1.29 is 18.4 Å². The Morgan fingerprint density at radius 2 is 1.96 bits per heavy atom. The highest BCUT2D eigenvalue weighted by Crippen LogP contribution is 2.43. The van der Waals surface area contributed by atoms with Crippen LogP contribution in [0.15, 0.2) is 36.6 Å². The first-order chi connectivity index (χ1) is 12.3. The van der Waals surface area contributed by atoms with Gasteiger partial charge >= 0.3 is 0 Å². The first-order valence-corrected chi connectivity index (χ1v) is 7.91. The second kappa shape index (κ2) is 6.29. The Kier molecular flexibility index (Phi) is 4.28. The van der Waals surface area contributed by atoms with Crippen LogP contribution in [0.4, 0.5) is 8.78 Å². The van der Waals surface area contributed by atoms with E-state index >= 15 is 0 Å². The molecule has 0 bridgehead atoms. The number of nitrogens with two attached hydrogens (primary N) is 1. The number of carbonyl (C=O) groups is 2. The third kappa shape index (κ3) is 2.54. The van der Waals surface area contributed by atoms with Crippen LogP contribution in [0.5, 0.6) is 0 Å². The average Bonchev–Trinajstić information content (AvgIpc) is 2.89. The van der Waals surface area contributed by atoms with Crippen molar-refractivity contribution in [2.45, 2.75) is 20.3 Å². The molecular weight excluding hydrogens is 338 g/mol. The lowest BCUT2D eigenvalue weighted by atomic mass is 9.90. The maximum atomic E-state index is 14.9. The molecule has 0 radical (unpaired) electrons. The summed E-state index contributed by atoms with van der Waals surface area (Å²) in [5.41, 5.74) is 7.64. The zero-order valence-electron chi connectivity index (χ0n) is 14.3. The molecule has 2 N–H and O–H groups in total. The average molecular weight is 354 g/mol. The van der Waals surface area contributed by atoms with E-state index in [2.05, 4.69) is 11.6 Å². The highest BCUT2D eigenvalue weighted by Gasteiger charge is 2.29. The van der Waals surface area contributed by atoms with Crippen LogP contribution in [0.3, 0.4) is 0 Å². The number of benzene rings is 1. The molecule has 0 aliphatic heterocycles. The van der Waals surface area contributed by atoms with E-state index in [-0.39, 0.29) is 16.7 Å². The van der Waals surface area contributed by atoms with Crippen LogP contribution in [0, 0.1) is 11.6 Å². The molecule has 1 amide bonds. The van der Waals surface area contributed by atoms with Gasteiger partial charge in [-0.15, -0.1) is 0 Å². The van der Waals surface area contributed by atoms with E-state index in [9.17, 15) is 18.4 Å². The molecule has 1 aromatic carbocycles. The largest absolute Gasteiger partial charge is 0.366 e. The van der Waals surface area contributed by atoms with Crippen LogP contribution in [-0.4, -0.2) is 16.7 Å². The summed E-state index contributed by atoms with van der Waals surface area (Å²) in [7, 11) is 0. The summed E-state index contributed by atoms with van der Waals surface area (Å²) in [5, 5.41) is 0. The van der Waals surface area contributed by atoms with Crippen LogP contribution < -0.4 is 5.73 Å². The summed E-state index contributed by atoms with van der Waals surface area (Å²) >= 11 is 0. The van der Waals surface area contributed by atoms with Crippen LogP contribution >= 0.6 is 0 Å². The van der Waals surface area contributed by atoms with Gasteiger partial charge in [0.15, 0.2) is 5.82 Å². The zero-order valence-corrected chi connectivity index (χ0v) is 14.3. The molecule has 0 saturated heterocycles. The van der Waals surface area contributed by atoms with Crippen molar-refractivity contribution in [1.82, 2.24) is 4.98 Å². The molecule has 0 spiro atoms. The van der Waals surface area contributed by atoms with Gasteiger partial charge < -0.3 is 5.73 Å². The molecule has 4 nitrogen and oxygen atoms in total. The normalized spacial score (nSPS) is 12.9. The number of pyridine rings is 1. The topological polar surface area (TPSA) is 73.1 Å². The number of fused-ring (bicyclic) bond motifs is 1. The van der Waals surface area contributed by atoms with Gasteiger partial charge in [0.2, 0.25) is 11.7 Å². The highest BCUT2D eigenvalue weighted by molar-refractivity contribution is 6.04. The Balaban J connectivity index is 2.39. The number of nitrogens with zero attached hydrogens (tertiary/aromatic N) is 1. The Hall–Kier alpha value is -3.15. The van der Waals surface area contributed by atoms with E-state index in [1.165, 1.54) is 12.3 Å². The van der Waals surface area contributed by atoms with Crippen LogP contribution in [0.25, 0.3) is 16.7 Å². The van der Waals surface area contributed by atoms with Crippen LogP contribution in [0.2, 0.25) is 0 Å². The molecule has 132 valence electrons. The van der Waals surface area contributed by atoms with E-state index in [1.807, 2.05) is 6.92 Å². The maximum Gasteiger partial charge on any atom is 0.249 e. The summed E-state index contributed by atoms with van der Waals surface area (Å²) in [4.78, 5) is 27.3. The first kappa shape index (κ1) is 17.7. The van der Waals surface area contributed by atoms with Crippen molar-refractivity contribution in [2.75, 3.05) is 0 Å². The fraction of sp³-hybridized carbons (Fsp3) is 0.150. The predicted molar refractivity (Wildman–Crippen MR) is 94.6 cm³/mol. The first-order valence-electron chi connectivity index (χ1n) is 7.91. The minimum Gasteiger partial charge on any atom is -0.366 e. The molecule has 0 saturated carbocycles. The summed E-state index contributed by atoms with van der Waals surface area (Å²) in [6.45, 7) is 6.96. The standard InChI is InChI=1S/C20H16F2N2O2/c1-4-15(25)19-18(22)11(5-6-24-19)17-14(21)8-13(20(23)26)12-7-9(2)10(3)16(12)17/h4-6,8H,1,7H2,2-3H3,(H2,23,26). The number of allylic oxidation sites excluding steroid dienone is 3. The molecule has 1 aliphatic rings. The molecule has 1 aliphatic carbocycles. The summed E-state index contributed by atoms with van der Waals surface area (Å²) in [5.74, 6) is -3.15. The number of hydrogen-bond donors (Lipinski definition) is 1. The predicted octanol–water partition coefficient (Wildman–Crippen LogP) is 3.84. The van der Waals surface area contributed by atoms with Crippen molar-refractivity contribution in [3.8, 4) is 11.1 Å². The minimum atomic E-state index is -0.928. The van der Waals surface area contributed by atoms with Crippen molar-refractivity contribution in [2.24, 2.45) is 5.73 Å². The quantitative estimate of drug-likeness (QED) is 0.670. The smallest absolute Gasteiger partial charge is 0.249 e. The lowest BCUT2D eigenvalue weighted by Gasteiger charge is -2.16. The van der Waals surface area contributed by atoms with Gasteiger partial charge in [-0.2, -0.15) is 0 Å². The second-order valence-corrected chi connectivity index (χ2v) is 6.17. The number of halogens is 2. The minimum absolute atomic E-state index is 0.00244. The Morgan fingerprint density at radius 3 is 2.58 bits per heavy atom. The van der Waals surface area contributed by atoms with E-state index in [1.54, 1.807) is 6.92 Å². The van der Waals surface area contributed by atoms with Crippen LogP contribution in [-0.2, 0) is 6.42 Å². The number of amides is 1. The molecule has 0 atom stereocenters. The molecule has 0 fully saturated rings. The number of hydrogen-bond acceptors (Lipinski definition) is 3. The van der Waals surface area contributed by atoms with Crippen LogP contribution in [0.1, 0.15) is 45.8 Å². The third-order valence-corrected chi connectivity index (χ3v) is 4.69. The fourth-order valence-corrected chi connectivity index (χ4v) is 3.29. The third-order valence-electron chi connectivity index (χ3n) is 4.69. The molecule has 2 aromatic rings. The Morgan fingerprint density at radius 1 is 1.27 bits per heavy atom. The van der Waals surface area contributed by atoms with Gasteiger partial charge in [-0.3, -0.25) is 9.59 Å². The summed E-state index contributed by atoms with van der Waals surface area (Å²) < 4.78 is 29.8. The molecule has 1 aromatic heterocycles. The van der Waals surface area contributed by atoms with Gasteiger partial charge in [0.25, 0.3) is 0 Å². The Bertz CT molecular complexity index is 1020. The summed E-state index contributed by atoms with van der Waals surface area (Å²) in [6, 6.07) is 2.33. The van der Waals surface area contributed by atoms with E-state index in [0.29, 0.717) is 17.5 Å². The van der Waals surface area contributed by atoms with Crippen molar-refractivity contribution in [3.63, 3.8) is 0 Å². The molecule has 3 rings (SSSR count). The van der Waals surface area contributed by atoms with E-state index in [0.717, 1.165) is 23.3 Å². The number of ketones is 1. The van der Waals surface area contributed by atoms with E-state index in [4.69, 9.17) is 5.73 Å². The molecule has 6 heteroatoms. The van der Waals surface area contributed by atoms with Gasteiger partial charge in [-0.25, -0.2) is 13.8 Å². The Labute approximate surface area is 149 Å². The highest BCUT2D eigenvalue weighted by atomic mass is 19.1. The zero-order chi connectivity index (χ0) is 19.2. The molecule has 1 heterocycles. The molecule has 26 heavy (non-hydrogen) atoms. The lowest BCUT2D eigenvalue weighted by molar-refractivity contribution is 0.0997. The van der Waals surface area contributed by atoms with Crippen molar-refractivity contribution in [1.29, 1.82) is 0 Å². The number of carbonyl (C=O) groups excluding carboxylic acids is 2. The van der Waals surface area contributed by atoms with Gasteiger partial charge in [-0.05, 0) is 55.2 Å². The molecular formula is C20H16F2N2O2. The maximum absolute atomic E-state index is 14.9. The molecule has 0 unspecified atom stereocenters. The van der Waals surface area contributed by atoms with Crippen molar-refractivity contribution >= 4 is 17.3 Å². The lowest BCUT2D eigenvalue weighted by Crippen LogP contribution is -2.15. The van der Waals surface area contributed by atoms with Gasteiger partial charge in [0.1, 0.15) is 11.5 Å². The van der Waals surface area contributed by atoms with Crippen molar-refractivity contribution in [3.05, 3.63) is 70.6 Å². The SMILES string of the molecule is C=CC(=O)c1nccc(-c2c(F)cc(C(N)=O)c3c2C(C)=C(C)C3)c1F. The van der Waals surface area contributed by atoms with E-state index < -0.39 is 29.0 Å². The van der Waals surface area contributed by atoms with Gasteiger partial charge in [-0.1, -0.05) is 12.2 Å². The number of rotatable bonds is 4. The van der Waals surface area contributed by atoms with Gasteiger partial charge in [0, 0.05) is 22.9 Å². The monoisotopic (exact) mass is 354 g/mol. The summed E-state index contributed by atoms with van der Waals surface area (Å²) in [6.07, 6.45) is 2.61. The van der Waals surface area contributed by atoms with Gasteiger partial charge in [0.05, 0.1) is 0 Å². The fourth-order valence-electron chi connectivity index (χ4n) is 3.29. The number of aromatic nitrogens is 1. The second-order valence-electron chi connectivity index (χ2n) is 6.17.